The number of methoxy groups -OCH3 is 1. The maximum atomic E-state index is 15.8. The van der Waals surface area contributed by atoms with Crippen LogP contribution in [0.1, 0.15) is 5.56 Å². The van der Waals surface area contributed by atoms with Gasteiger partial charge in [0.2, 0.25) is 10.0 Å². The number of nitrogens with zero attached hydrogens (tertiary/aromatic N) is 1. The van der Waals surface area contributed by atoms with Gasteiger partial charge in [-0.25, -0.2) is 17.6 Å². The van der Waals surface area contributed by atoms with Gasteiger partial charge in [0, 0.05) is 18.0 Å². The Morgan fingerprint density at radius 2 is 1.67 bits per heavy atom. The van der Waals surface area contributed by atoms with Crippen LogP contribution >= 0.6 is 0 Å². The van der Waals surface area contributed by atoms with Crippen molar-refractivity contribution >= 4 is 26.5 Å². The van der Waals surface area contributed by atoms with Crippen LogP contribution in [0.4, 0.5) is 23.2 Å². The van der Waals surface area contributed by atoms with Gasteiger partial charge < -0.3 is 4.74 Å². The molecule has 1 heterocycles. The molecule has 4 rings (SSSR count). The summed E-state index contributed by atoms with van der Waals surface area (Å²) in [5.41, 5.74) is -4.29. The second-order valence-electron chi connectivity index (χ2n) is 7.79. The van der Waals surface area contributed by atoms with Gasteiger partial charge in [0.05, 0.1) is 24.6 Å². The Hall–Kier alpha value is -4.13. The Balaban J connectivity index is 2.00. The zero-order chi connectivity index (χ0) is 26.4. The second kappa shape index (κ2) is 8.82. The average Bonchev–Trinajstić information content (AvgIpc) is 2.77. The highest BCUT2D eigenvalue weighted by atomic mass is 32.2. The van der Waals surface area contributed by atoms with Crippen molar-refractivity contribution in [2.45, 2.75) is 6.18 Å². The molecule has 4 aromatic rings. The summed E-state index contributed by atoms with van der Waals surface area (Å²) in [6.45, 7) is 0. The highest BCUT2D eigenvalue weighted by Gasteiger charge is 2.38. The first kappa shape index (κ1) is 25.0. The van der Waals surface area contributed by atoms with Gasteiger partial charge in [-0.1, -0.05) is 18.2 Å². The molecule has 0 spiro atoms. The van der Waals surface area contributed by atoms with Crippen LogP contribution in [0.25, 0.3) is 27.6 Å². The van der Waals surface area contributed by atoms with Gasteiger partial charge in [-0.3, -0.25) is 19.1 Å². The van der Waals surface area contributed by atoms with Gasteiger partial charge in [0.25, 0.3) is 5.56 Å². The number of hydrogen-bond acceptors (Lipinski definition) is 5. The van der Waals surface area contributed by atoms with E-state index in [2.05, 4.69) is 4.72 Å². The molecule has 0 aliphatic carbocycles. The van der Waals surface area contributed by atoms with E-state index in [0.717, 1.165) is 25.6 Å². The molecule has 8 nitrogen and oxygen atoms in total. The first-order valence-corrected chi connectivity index (χ1v) is 12.0. The van der Waals surface area contributed by atoms with E-state index in [9.17, 15) is 31.2 Å². The van der Waals surface area contributed by atoms with Crippen molar-refractivity contribution < 1.29 is 30.7 Å². The molecule has 3 aromatic carbocycles. The Bertz CT molecular complexity index is 1730. The lowest BCUT2D eigenvalue weighted by Crippen LogP contribution is -2.28. The zero-order valence-corrected chi connectivity index (χ0v) is 19.4. The van der Waals surface area contributed by atoms with Gasteiger partial charge in [-0.2, -0.15) is 13.2 Å². The van der Waals surface area contributed by atoms with Gasteiger partial charge in [0.15, 0.2) is 5.82 Å². The fraction of sp³-hybridized carbons (Fsp3) is 0.130. The summed E-state index contributed by atoms with van der Waals surface area (Å²) in [7, 11) is -2.58. The fourth-order valence-corrected chi connectivity index (χ4v) is 4.32. The monoisotopic (exact) mass is 523 g/mol. The number of hydrogen-bond donors (Lipinski definition) is 2. The minimum atomic E-state index is -4.97. The van der Waals surface area contributed by atoms with Crippen LogP contribution in [0.5, 0.6) is 5.75 Å². The van der Waals surface area contributed by atoms with Gasteiger partial charge in [0.1, 0.15) is 11.3 Å². The third kappa shape index (κ3) is 4.82. The number of H-pyrrole nitrogens is 1. The minimum absolute atomic E-state index is 0.00509. The molecule has 0 saturated heterocycles. The maximum absolute atomic E-state index is 15.8. The summed E-state index contributed by atoms with van der Waals surface area (Å²) < 4.78 is 88.5. The smallest absolute Gasteiger partial charge is 0.420 e. The predicted octanol–water partition coefficient (Wildman–Crippen LogP) is 3.88. The number of ether oxygens (including phenoxy) is 1. The molecule has 0 saturated carbocycles. The lowest BCUT2D eigenvalue weighted by Gasteiger charge is -2.20. The van der Waals surface area contributed by atoms with Crippen LogP contribution in [-0.4, -0.2) is 31.3 Å². The van der Waals surface area contributed by atoms with E-state index < -0.39 is 55.8 Å². The minimum Gasteiger partial charge on any atom is -0.495 e. The molecule has 36 heavy (non-hydrogen) atoms. The van der Waals surface area contributed by atoms with Crippen LogP contribution < -0.4 is 20.7 Å². The summed E-state index contributed by atoms with van der Waals surface area (Å²) in [5.74, 6) is -1.99. The van der Waals surface area contributed by atoms with Gasteiger partial charge in [-0.05, 0) is 40.6 Å². The van der Waals surface area contributed by atoms with E-state index in [1.807, 2.05) is 4.98 Å². The number of aromatic nitrogens is 2. The van der Waals surface area contributed by atoms with E-state index >= 15 is 4.39 Å². The van der Waals surface area contributed by atoms with Gasteiger partial charge in [-0.15, -0.1) is 0 Å². The van der Waals surface area contributed by atoms with E-state index in [1.165, 1.54) is 36.4 Å². The summed E-state index contributed by atoms with van der Waals surface area (Å²) >= 11 is 0. The molecule has 0 atom stereocenters. The van der Waals surface area contributed by atoms with Crippen molar-refractivity contribution in [1.29, 1.82) is 0 Å². The third-order valence-electron chi connectivity index (χ3n) is 5.22. The Labute approximate surface area is 200 Å². The highest BCUT2D eigenvalue weighted by molar-refractivity contribution is 7.92. The number of halogens is 4. The molecule has 13 heteroatoms. The predicted molar refractivity (Wildman–Crippen MR) is 126 cm³/mol. The summed E-state index contributed by atoms with van der Waals surface area (Å²) in [6, 6.07) is 9.98. The topological polar surface area (TPSA) is 110 Å². The first-order valence-electron chi connectivity index (χ1n) is 10.1. The van der Waals surface area contributed by atoms with Crippen LogP contribution in [0.15, 0.2) is 64.3 Å². The third-order valence-corrected chi connectivity index (χ3v) is 5.83. The summed E-state index contributed by atoms with van der Waals surface area (Å²) in [6.07, 6.45) is -3.13. The van der Waals surface area contributed by atoms with E-state index in [1.54, 1.807) is 0 Å². The fourth-order valence-electron chi connectivity index (χ4n) is 3.77. The van der Waals surface area contributed by atoms with E-state index in [-0.39, 0.29) is 11.3 Å². The number of fused-ring (bicyclic) bond motifs is 1. The van der Waals surface area contributed by atoms with E-state index in [0.29, 0.717) is 21.4 Å². The lowest BCUT2D eigenvalue weighted by atomic mass is 9.96. The normalized spacial score (nSPS) is 12.1. The molecule has 0 radical (unpaired) electrons. The quantitative estimate of drug-likeness (QED) is 0.386. The molecule has 0 bridgehead atoms. The first-order chi connectivity index (χ1) is 16.8. The number of sulfonamides is 1. The molecule has 0 fully saturated rings. The lowest BCUT2D eigenvalue weighted by molar-refractivity contribution is -0.138. The zero-order valence-electron chi connectivity index (χ0n) is 18.6. The SMILES string of the molecule is COc1c(C(F)(F)F)cc(-n2ccc(=O)[nH]c2=O)c(F)c1-c1ccc2cc(NS(C)(=O)=O)ccc2c1. The molecular formula is C23H17F4N3O5S. The van der Waals surface area contributed by atoms with Crippen molar-refractivity contribution in [2.24, 2.45) is 0 Å². The largest absolute Gasteiger partial charge is 0.495 e. The summed E-state index contributed by atoms with van der Waals surface area (Å²) in [5, 5.41) is 0.990. The molecule has 0 aliphatic heterocycles. The van der Waals surface area contributed by atoms with Crippen molar-refractivity contribution in [3.05, 3.63) is 86.9 Å². The number of nitrogens with one attached hydrogen (secondary N) is 2. The van der Waals surface area contributed by atoms with E-state index in [4.69, 9.17) is 4.74 Å². The molecule has 1 aromatic heterocycles. The molecular weight excluding hydrogens is 506 g/mol. The maximum Gasteiger partial charge on any atom is 0.420 e. The summed E-state index contributed by atoms with van der Waals surface area (Å²) in [4.78, 5) is 25.5. The standard InChI is InChI=1S/C23H17F4N3O5S/c1-35-21-16(23(25,26)27)11-17(30-8-7-18(31)28-22(30)32)20(24)19(21)14-4-3-13-10-15(29-36(2,33)34)6-5-12(13)9-14/h3-11,29H,1-2H3,(H,28,31,32). The molecule has 2 N–H and O–H groups in total. The Kier molecular flexibility index (Phi) is 6.12. The number of alkyl halides is 3. The van der Waals surface area contributed by atoms with Crippen LogP contribution in [0.2, 0.25) is 0 Å². The van der Waals surface area contributed by atoms with Crippen LogP contribution in [0.3, 0.4) is 0 Å². The number of anilines is 1. The molecule has 0 amide bonds. The number of rotatable bonds is 5. The Morgan fingerprint density at radius 1 is 1.00 bits per heavy atom. The Morgan fingerprint density at radius 3 is 2.28 bits per heavy atom. The second-order valence-corrected chi connectivity index (χ2v) is 9.54. The molecule has 0 unspecified atom stereocenters. The molecule has 188 valence electrons. The molecule has 0 aliphatic rings. The highest BCUT2D eigenvalue weighted by Crippen LogP contribution is 2.45. The van der Waals surface area contributed by atoms with Crippen molar-refractivity contribution in [3.8, 4) is 22.6 Å². The van der Waals surface area contributed by atoms with Crippen LogP contribution in [-0.2, 0) is 16.2 Å². The number of benzene rings is 3. The van der Waals surface area contributed by atoms with Crippen LogP contribution in [0, 0.1) is 5.82 Å². The average molecular weight is 523 g/mol. The number of aromatic amines is 1. The van der Waals surface area contributed by atoms with Crippen molar-refractivity contribution in [3.63, 3.8) is 0 Å². The van der Waals surface area contributed by atoms with Gasteiger partial charge >= 0.3 is 11.9 Å². The van der Waals surface area contributed by atoms with Crippen molar-refractivity contribution in [1.82, 2.24) is 9.55 Å². The van der Waals surface area contributed by atoms with Crippen molar-refractivity contribution in [2.75, 3.05) is 18.1 Å².